The molecule has 0 aromatic carbocycles. The zero-order chi connectivity index (χ0) is 30.8. The predicted octanol–water partition coefficient (Wildman–Crippen LogP) is 4.34. The number of rotatable bonds is 9. The van der Waals surface area contributed by atoms with Crippen LogP contribution in [0.1, 0.15) is 113 Å². The number of ketones is 1. The maximum Gasteiger partial charge on any atom is 0.408 e. The number of nitrogens with two attached hydrogens (primary N) is 1. The van der Waals surface area contributed by atoms with Crippen molar-refractivity contribution in [1.29, 1.82) is 0 Å². The minimum Gasteiger partial charge on any atom is -0.444 e. The van der Waals surface area contributed by atoms with E-state index in [1.165, 1.54) is 0 Å². The van der Waals surface area contributed by atoms with Crippen molar-refractivity contribution in [2.75, 3.05) is 6.54 Å². The summed E-state index contributed by atoms with van der Waals surface area (Å²) in [6.45, 7) is 16.0. The number of primary amides is 1. The number of alkyl carbamates (subject to hydrolysis) is 1. The van der Waals surface area contributed by atoms with Gasteiger partial charge in [0.2, 0.25) is 11.8 Å². The molecule has 9 nitrogen and oxygen atoms in total. The molecule has 4 N–H and O–H groups in total. The summed E-state index contributed by atoms with van der Waals surface area (Å²) in [5, 5.41) is 13.5. The summed E-state index contributed by atoms with van der Waals surface area (Å²) in [5.74, 6) is -1.44. The molecule has 5 atom stereocenters. The third-order valence-electron chi connectivity index (χ3n) is 11.3. The largest absolute Gasteiger partial charge is 0.444 e. The predicted molar refractivity (Wildman–Crippen MR) is 156 cm³/mol. The molecule has 4 rings (SSSR count). The Hall–Kier alpha value is -2.16. The minimum atomic E-state index is -1.40. The number of amides is 3. The Bertz CT molecular complexity index is 1060. The van der Waals surface area contributed by atoms with Crippen LogP contribution in [0.4, 0.5) is 4.79 Å². The van der Waals surface area contributed by atoms with Crippen LogP contribution >= 0.6 is 0 Å². The van der Waals surface area contributed by atoms with Gasteiger partial charge in [0.05, 0.1) is 6.04 Å². The first-order valence-electron chi connectivity index (χ1n) is 15.6. The highest BCUT2D eigenvalue weighted by molar-refractivity contribution is 5.94. The van der Waals surface area contributed by atoms with Gasteiger partial charge < -0.3 is 25.8 Å². The molecule has 3 saturated carbocycles. The summed E-state index contributed by atoms with van der Waals surface area (Å²) in [7, 11) is 0. The van der Waals surface area contributed by atoms with Crippen LogP contribution in [-0.2, 0) is 19.1 Å². The number of fused-ring (bicyclic) bond motifs is 1. The number of nitrogens with one attached hydrogen (secondary N) is 1. The first-order valence-corrected chi connectivity index (χ1v) is 15.6. The molecule has 0 aromatic rings. The van der Waals surface area contributed by atoms with Crippen molar-refractivity contribution in [3.8, 4) is 0 Å². The van der Waals surface area contributed by atoms with Crippen molar-refractivity contribution >= 4 is 23.7 Å². The highest BCUT2D eigenvalue weighted by atomic mass is 16.6. The molecule has 3 unspecified atom stereocenters. The van der Waals surface area contributed by atoms with E-state index in [2.05, 4.69) is 19.2 Å². The number of carbonyl (C=O) groups is 4. The van der Waals surface area contributed by atoms with Crippen LogP contribution < -0.4 is 11.1 Å². The minimum absolute atomic E-state index is 0.00175. The third-order valence-corrected chi connectivity index (χ3v) is 11.3. The fourth-order valence-electron chi connectivity index (χ4n) is 8.46. The highest BCUT2D eigenvalue weighted by Crippen LogP contribution is 2.88. The van der Waals surface area contributed by atoms with Gasteiger partial charge in [0.1, 0.15) is 17.7 Å². The lowest BCUT2D eigenvalue weighted by Crippen LogP contribution is -2.57. The number of nitrogens with zero attached hydrogens (tertiary/aromatic N) is 1. The Morgan fingerprint density at radius 1 is 1.02 bits per heavy atom. The summed E-state index contributed by atoms with van der Waals surface area (Å²) >= 11 is 0. The number of hydrogen-bond donors (Lipinski definition) is 3. The van der Waals surface area contributed by atoms with Crippen molar-refractivity contribution in [2.24, 2.45) is 39.2 Å². The molecule has 2 spiro atoms. The van der Waals surface area contributed by atoms with Gasteiger partial charge in [-0.15, -0.1) is 0 Å². The molecule has 0 radical (unpaired) electrons. The molecule has 1 aliphatic heterocycles. The molecule has 9 heteroatoms. The molecule has 4 aliphatic rings. The molecular formula is C32H53N3O6. The highest BCUT2D eigenvalue weighted by Gasteiger charge is 2.85. The Balaban J connectivity index is 1.63. The van der Waals surface area contributed by atoms with Crippen LogP contribution in [0.5, 0.6) is 0 Å². The summed E-state index contributed by atoms with van der Waals surface area (Å²) in [6, 6.07) is -1.58. The molecule has 3 amide bonds. The van der Waals surface area contributed by atoms with Crippen molar-refractivity contribution in [2.45, 2.75) is 137 Å². The second kappa shape index (κ2) is 10.5. The zero-order valence-corrected chi connectivity index (χ0v) is 26.5. The van der Waals surface area contributed by atoms with E-state index in [1.807, 2.05) is 20.8 Å². The van der Waals surface area contributed by atoms with Crippen LogP contribution in [0.2, 0.25) is 0 Å². The molecule has 232 valence electrons. The van der Waals surface area contributed by atoms with E-state index in [1.54, 1.807) is 25.7 Å². The topological polar surface area (TPSA) is 139 Å². The molecule has 3 aliphatic carbocycles. The Kier molecular flexibility index (Phi) is 8.16. The smallest absolute Gasteiger partial charge is 0.408 e. The van der Waals surface area contributed by atoms with E-state index in [9.17, 15) is 24.3 Å². The van der Waals surface area contributed by atoms with Gasteiger partial charge in [0, 0.05) is 24.3 Å². The Labute approximate surface area is 245 Å². The summed E-state index contributed by atoms with van der Waals surface area (Å²) in [4.78, 5) is 55.1. The maximum atomic E-state index is 14.4. The van der Waals surface area contributed by atoms with Crippen molar-refractivity contribution in [1.82, 2.24) is 10.2 Å². The van der Waals surface area contributed by atoms with Crippen LogP contribution in [0.15, 0.2) is 0 Å². The number of carbonyl (C=O) groups excluding carboxylic acids is 4. The number of Topliss-reactive ketones (excluding diaryl/α,β-unsaturated/α-hetero) is 1. The van der Waals surface area contributed by atoms with Gasteiger partial charge in [0.25, 0.3) is 0 Å². The average molecular weight is 576 g/mol. The fourth-order valence-corrected chi connectivity index (χ4v) is 8.46. The molecule has 41 heavy (non-hydrogen) atoms. The Morgan fingerprint density at radius 2 is 1.63 bits per heavy atom. The standard InChI is InChI=1S/C32H53N3O6/c1-28(2,3)24(34-27(40)41-29(4,5)6)26(39)35-18-32(30(7,8)31(32)13-10-14-31)17-21(35)22(36)16-20(23(37)25(33)38)15-19-11-9-12-19/h19-21,23-24,37H,9-18H2,1-8H3,(H2,33,38)(H,34,40)/t20?,21-,23?,24+,32?/m0/s1. The van der Waals surface area contributed by atoms with Crippen LogP contribution in [0.3, 0.4) is 0 Å². The number of aliphatic hydroxyl groups is 1. The number of aliphatic hydroxyl groups excluding tert-OH is 1. The van der Waals surface area contributed by atoms with Crippen molar-refractivity contribution < 1.29 is 29.0 Å². The Morgan fingerprint density at radius 3 is 2.05 bits per heavy atom. The van der Waals surface area contributed by atoms with E-state index in [0.29, 0.717) is 25.3 Å². The average Bonchev–Trinajstić information content (AvgIpc) is 3.01. The molecule has 0 aromatic heterocycles. The van der Waals surface area contributed by atoms with Gasteiger partial charge >= 0.3 is 6.09 Å². The SMILES string of the molecule is CC(C)(C)OC(=O)N[C@H](C(=O)N1CC2(C[C@H]1C(=O)CC(CC1CCC1)C(O)C(N)=O)C(C)(C)C21CCC1)C(C)(C)C. The third kappa shape index (κ3) is 5.52. The number of likely N-dealkylation sites (tertiary alicyclic amines) is 1. The molecular weight excluding hydrogens is 522 g/mol. The summed E-state index contributed by atoms with van der Waals surface area (Å²) < 4.78 is 5.49. The van der Waals surface area contributed by atoms with Crippen LogP contribution in [0, 0.1) is 33.5 Å². The van der Waals surface area contributed by atoms with E-state index < -0.39 is 47.1 Å². The summed E-state index contributed by atoms with van der Waals surface area (Å²) in [5.41, 5.74) is 4.05. The van der Waals surface area contributed by atoms with Gasteiger partial charge in [-0.2, -0.15) is 0 Å². The van der Waals surface area contributed by atoms with Crippen LogP contribution in [0.25, 0.3) is 0 Å². The molecule has 0 bridgehead atoms. The molecule has 4 fully saturated rings. The lowest BCUT2D eigenvalue weighted by atomic mass is 9.73. The first kappa shape index (κ1) is 31.8. The monoisotopic (exact) mass is 575 g/mol. The van der Waals surface area contributed by atoms with Gasteiger partial charge in [0.15, 0.2) is 5.78 Å². The first-order chi connectivity index (χ1) is 18.8. The normalized spacial score (nSPS) is 28.8. The second-order valence-corrected chi connectivity index (χ2v) is 16.1. The maximum absolute atomic E-state index is 14.4. The van der Waals surface area contributed by atoms with Crippen molar-refractivity contribution in [3.05, 3.63) is 0 Å². The number of ether oxygens (including phenoxy) is 1. The van der Waals surface area contributed by atoms with Gasteiger partial charge in [-0.25, -0.2) is 4.79 Å². The number of hydrogen-bond acceptors (Lipinski definition) is 6. The molecule has 1 heterocycles. The summed E-state index contributed by atoms with van der Waals surface area (Å²) in [6.07, 6.45) is 5.55. The van der Waals surface area contributed by atoms with E-state index >= 15 is 0 Å². The zero-order valence-electron chi connectivity index (χ0n) is 26.5. The van der Waals surface area contributed by atoms with Gasteiger partial charge in [-0.05, 0) is 68.6 Å². The quantitative estimate of drug-likeness (QED) is 0.374. The fraction of sp³-hybridized carbons (Fsp3) is 0.875. The second-order valence-electron chi connectivity index (χ2n) is 16.1. The van der Waals surface area contributed by atoms with Gasteiger partial charge in [-0.1, -0.05) is 60.3 Å². The molecule has 1 saturated heterocycles. The lowest BCUT2D eigenvalue weighted by molar-refractivity contribution is -0.142. The van der Waals surface area contributed by atoms with Crippen molar-refractivity contribution in [3.63, 3.8) is 0 Å². The van der Waals surface area contributed by atoms with E-state index in [-0.39, 0.29) is 34.4 Å². The van der Waals surface area contributed by atoms with E-state index in [0.717, 1.165) is 38.5 Å². The van der Waals surface area contributed by atoms with Crippen LogP contribution in [-0.4, -0.2) is 64.0 Å². The van der Waals surface area contributed by atoms with Gasteiger partial charge in [-0.3, -0.25) is 14.4 Å². The van der Waals surface area contributed by atoms with E-state index in [4.69, 9.17) is 10.5 Å². The lowest BCUT2D eigenvalue weighted by Gasteiger charge is -2.36.